The highest BCUT2D eigenvalue weighted by Crippen LogP contribution is 2.21. The lowest BCUT2D eigenvalue weighted by molar-refractivity contribution is 0.317. The molecule has 0 aliphatic heterocycles. The SMILES string of the molecule is CCCS(=O)(=O)CCOc1cc(C)ccc1/C(C)=N/O. The molecule has 6 heteroatoms. The first-order chi connectivity index (χ1) is 9.39. The minimum Gasteiger partial charge on any atom is -0.492 e. The highest BCUT2D eigenvalue weighted by atomic mass is 32.2. The summed E-state index contributed by atoms with van der Waals surface area (Å²) in [6.07, 6.45) is 0.605. The van der Waals surface area contributed by atoms with E-state index in [1.54, 1.807) is 19.1 Å². The zero-order chi connectivity index (χ0) is 15.2. The van der Waals surface area contributed by atoms with Gasteiger partial charge in [-0.15, -0.1) is 0 Å². The molecule has 0 aliphatic rings. The van der Waals surface area contributed by atoms with Crippen molar-refractivity contribution in [1.82, 2.24) is 0 Å². The Morgan fingerprint density at radius 3 is 2.65 bits per heavy atom. The van der Waals surface area contributed by atoms with Gasteiger partial charge < -0.3 is 9.94 Å². The molecule has 0 aliphatic carbocycles. The van der Waals surface area contributed by atoms with E-state index >= 15 is 0 Å². The van der Waals surface area contributed by atoms with Crippen LogP contribution >= 0.6 is 0 Å². The molecule has 0 spiro atoms. The van der Waals surface area contributed by atoms with Crippen molar-refractivity contribution in [2.45, 2.75) is 27.2 Å². The molecule has 0 radical (unpaired) electrons. The normalized spacial score (nSPS) is 12.4. The number of rotatable bonds is 7. The lowest BCUT2D eigenvalue weighted by atomic mass is 10.1. The molecule has 0 saturated carbocycles. The van der Waals surface area contributed by atoms with Crippen LogP contribution in [0.15, 0.2) is 23.4 Å². The van der Waals surface area contributed by atoms with Gasteiger partial charge in [-0.25, -0.2) is 8.42 Å². The van der Waals surface area contributed by atoms with Gasteiger partial charge in [0.1, 0.15) is 12.4 Å². The Hall–Kier alpha value is -1.56. The summed E-state index contributed by atoms with van der Waals surface area (Å²) in [6.45, 7) is 5.50. The van der Waals surface area contributed by atoms with Gasteiger partial charge in [-0.05, 0) is 38.0 Å². The van der Waals surface area contributed by atoms with E-state index in [0.717, 1.165) is 5.56 Å². The van der Waals surface area contributed by atoms with Gasteiger partial charge in [0.15, 0.2) is 9.84 Å². The minimum atomic E-state index is -3.06. The van der Waals surface area contributed by atoms with E-state index in [1.165, 1.54) is 0 Å². The second kappa shape index (κ2) is 7.28. The van der Waals surface area contributed by atoms with Gasteiger partial charge in [0.25, 0.3) is 0 Å². The molecular weight excluding hydrogens is 278 g/mol. The molecule has 0 saturated heterocycles. The first kappa shape index (κ1) is 16.5. The third-order valence-corrected chi connectivity index (χ3v) is 4.66. The zero-order valence-corrected chi connectivity index (χ0v) is 12.9. The molecule has 0 unspecified atom stereocenters. The van der Waals surface area contributed by atoms with E-state index in [9.17, 15) is 8.42 Å². The van der Waals surface area contributed by atoms with Crippen molar-refractivity contribution >= 4 is 15.5 Å². The Bertz CT molecular complexity index is 579. The number of hydrogen-bond donors (Lipinski definition) is 1. The Morgan fingerprint density at radius 1 is 1.35 bits per heavy atom. The average Bonchev–Trinajstić information content (AvgIpc) is 2.37. The van der Waals surface area contributed by atoms with Crippen LogP contribution in [0.25, 0.3) is 0 Å². The molecule has 0 fully saturated rings. The summed E-state index contributed by atoms with van der Waals surface area (Å²) in [4.78, 5) is 0. The third-order valence-electron chi connectivity index (χ3n) is 2.84. The molecule has 1 N–H and O–H groups in total. The summed E-state index contributed by atoms with van der Waals surface area (Å²) in [5.41, 5.74) is 2.08. The Balaban J connectivity index is 2.80. The number of nitrogens with zero attached hydrogens (tertiary/aromatic N) is 1. The van der Waals surface area contributed by atoms with Gasteiger partial charge in [-0.1, -0.05) is 18.1 Å². The van der Waals surface area contributed by atoms with Gasteiger partial charge in [0.05, 0.1) is 17.2 Å². The fourth-order valence-corrected chi connectivity index (χ4v) is 2.96. The Kier molecular flexibility index (Phi) is 6.01. The third kappa shape index (κ3) is 4.85. The maximum absolute atomic E-state index is 11.6. The second-order valence-electron chi connectivity index (χ2n) is 4.69. The van der Waals surface area contributed by atoms with Crippen LogP contribution in [0.5, 0.6) is 5.75 Å². The topological polar surface area (TPSA) is 76.0 Å². The lowest BCUT2D eigenvalue weighted by Gasteiger charge is -2.12. The summed E-state index contributed by atoms with van der Waals surface area (Å²) in [5.74, 6) is 0.699. The van der Waals surface area contributed by atoms with Gasteiger partial charge >= 0.3 is 0 Å². The average molecular weight is 299 g/mol. The molecule has 112 valence electrons. The van der Waals surface area contributed by atoms with Crippen LogP contribution in [0.1, 0.15) is 31.4 Å². The van der Waals surface area contributed by atoms with E-state index < -0.39 is 9.84 Å². The quantitative estimate of drug-likeness (QED) is 0.476. The van der Waals surface area contributed by atoms with Crippen LogP contribution in [-0.4, -0.2) is 37.4 Å². The molecule has 0 heterocycles. The Labute approximate surface area is 120 Å². The maximum Gasteiger partial charge on any atom is 0.153 e. The molecule has 0 atom stereocenters. The standard InChI is InChI=1S/C14H21NO4S/c1-4-8-20(17,18)9-7-19-14-10-11(2)5-6-13(14)12(3)15-16/h5-6,10,16H,4,7-9H2,1-3H3/b15-12+. The van der Waals surface area contributed by atoms with Gasteiger partial charge in [-0.3, -0.25) is 0 Å². The van der Waals surface area contributed by atoms with Crippen molar-refractivity contribution in [3.63, 3.8) is 0 Å². The van der Waals surface area contributed by atoms with Crippen molar-refractivity contribution in [3.8, 4) is 5.75 Å². The summed E-state index contributed by atoms with van der Waals surface area (Å²) < 4.78 is 28.8. The second-order valence-corrected chi connectivity index (χ2v) is 6.99. The zero-order valence-electron chi connectivity index (χ0n) is 12.1. The van der Waals surface area contributed by atoms with Crippen LogP contribution in [0, 0.1) is 6.92 Å². The fraction of sp³-hybridized carbons (Fsp3) is 0.500. The van der Waals surface area contributed by atoms with E-state index in [1.807, 2.05) is 19.9 Å². The molecule has 0 aromatic heterocycles. The first-order valence-electron chi connectivity index (χ1n) is 6.52. The van der Waals surface area contributed by atoms with E-state index in [0.29, 0.717) is 23.4 Å². The predicted molar refractivity (Wildman–Crippen MR) is 79.6 cm³/mol. The van der Waals surface area contributed by atoms with Gasteiger partial charge in [0.2, 0.25) is 0 Å². The predicted octanol–water partition coefficient (Wildman–Crippen LogP) is 2.40. The van der Waals surface area contributed by atoms with Crippen LogP contribution in [-0.2, 0) is 9.84 Å². The van der Waals surface area contributed by atoms with Crippen molar-refractivity contribution < 1.29 is 18.4 Å². The molecule has 1 rings (SSSR count). The molecule has 5 nitrogen and oxygen atoms in total. The van der Waals surface area contributed by atoms with E-state index in [2.05, 4.69) is 5.16 Å². The summed E-state index contributed by atoms with van der Waals surface area (Å²) in [7, 11) is -3.06. The van der Waals surface area contributed by atoms with Crippen LogP contribution in [0.3, 0.4) is 0 Å². The first-order valence-corrected chi connectivity index (χ1v) is 8.34. The fourth-order valence-electron chi connectivity index (χ4n) is 1.79. The maximum atomic E-state index is 11.6. The van der Waals surface area contributed by atoms with Crippen molar-refractivity contribution in [3.05, 3.63) is 29.3 Å². The molecule has 1 aromatic rings. The molecule has 1 aromatic carbocycles. The van der Waals surface area contributed by atoms with Gasteiger partial charge in [0, 0.05) is 5.56 Å². The molecule has 0 bridgehead atoms. The molecule has 0 amide bonds. The van der Waals surface area contributed by atoms with Crippen LogP contribution in [0.2, 0.25) is 0 Å². The van der Waals surface area contributed by atoms with Crippen molar-refractivity contribution in [1.29, 1.82) is 0 Å². The number of ether oxygens (including phenoxy) is 1. The largest absolute Gasteiger partial charge is 0.492 e. The van der Waals surface area contributed by atoms with Crippen molar-refractivity contribution in [2.24, 2.45) is 5.16 Å². The summed E-state index contributed by atoms with van der Waals surface area (Å²) in [6, 6.07) is 5.47. The Morgan fingerprint density at radius 2 is 2.05 bits per heavy atom. The van der Waals surface area contributed by atoms with Crippen molar-refractivity contribution in [2.75, 3.05) is 18.1 Å². The monoisotopic (exact) mass is 299 g/mol. The molecular formula is C14H21NO4S. The number of hydrogen-bond acceptors (Lipinski definition) is 5. The van der Waals surface area contributed by atoms with E-state index in [-0.39, 0.29) is 18.1 Å². The van der Waals surface area contributed by atoms with Crippen LogP contribution < -0.4 is 4.74 Å². The molecule has 20 heavy (non-hydrogen) atoms. The summed E-state index contributed by atoms with van der Waals surface area (Å²) >= 11 is 0. The van der Waals surface area contributed by atoms with Gasteiger partial charge in [-0.2, -0.15) is 0 Å². The number of benzene rings is 1. The smallest absolute Gasteiger partial charge is 0.153 e. The summed E-state index contributed by atoms with van der Waals surface area (Å²) in [5, 5.41) is 12.0. The minimum absolute atomic E-state index is 0.0104. The van der Waals surface area contributed by atoms with E-state index in [4.69, 9.17) is 9.94 Å². The number of oxime groups is 1. The highest BCUT2D eigenvalue weighted by molar-refractivity contribution is 7.91. The highest BCUT2D eigenvalue weighted by Gasteiger charge is 2.12. The number of sulfone groups is 1. The number of aryl methyl sites for hydroxylation is 1. The lowest BCUT2D eigenvalue weighted by Crippen LogP contribution is -2.17. The van der Waals surface area contributed by atoms with Crippen LogP contribution in [0.4, 0.5) is 0 Å².